The topological polar surface area (TPSA) is 258 Å². The van der Waals surface area contributed by atoms with Gasteiger partial charge < -0.3 is 35.8 Å². The molecule has 20 nitrogen and oxygen atoms in total. The number of allylic oxidation sites excluding steroid dienone is 1. The molecule has 0 spiro atoms. The quantitative estimate of drug-likeness (QED) is 0.0204. The lowest BCUT2D eigenvalue weighted by Gasteiger charge is -2.45. The van der Waals surface area contributed by atoms with Crippen molar-refractivity contribution in [1.29, 1.82) is 0 Å². The zero-order valence-electron chi connectivity index (χ0n) is 48.1. The molecular formula is C63H74ClN11O9S. The van der Waals surface area contributed by atoms with Gasteiger partial charge in [0.2, 0.25) is 11.8 Å². The summed E-state index contributed by atoms with van der Waals surface area (Å²) in [5.74, 6) is -1.19. The summed E-state index contributed by atoms with van der Waals surface area (Å²) in [5, 5.41) is 35.9. The lowest BCUT2D eigenvalue weighted by Crippen LogP contribution is -2.99. The lowest BCUT2D eigenvalue weighted by molar-refractivity contribution is -0.990. The van der Waals surface area contributed by atoms with E-state index in [0.29, 0.717) is 72.4 Å². The molecule has 4 amide bonds. The second kappa shape index (κ2) is 25.4. The van der Waals surface area contributed by atoms with Crippen LogP contribution < -0.4 is 36.0 Å². The van der Waals surface area contributed by atoms with E-state index in [1.54, 1.807) is 29.3 Å². The van der Waals surface area contributed by atoms with Crippen molar-refractivity contribution < 1.29 is 42.8 Å². The Balaban J connectivity index is 0.674. The van der Waals surface area contributed by atoms with Crippen molar-refractivity contribution in [2.45, 2.75) is 115 Å². The second-order valence-electron chi connectivity index (χ2n) is 24.1. The van der Waals surface area contributed by atoms with Gasteiger partial charge in [-0.25, -0.2) is 23.3 Å². The van der Waals surface area contributed by atoms with Crippen molar-refractivity contribution in [3.8, 4) is 11.5 Å². The first-order valence-electron chi connectivity index (χ1n) is 29.4. The molecule has 0 bridgehead atoms. The van der Waals surface area contributed by atoms with Gasteiger partial charge in [0.25, 0.3) is 21.8 Å². The van der Waals surface area contributed by atoms with Crippen LogP contribution in [0, 0.1) is 16.5 Å². The number of sulfonamides is 1. The third-order valence-corrected chi connectivity index (χ3v) is 19.2. The highest BCUT2D eigenvalue weighted by molar-refractivity contribution is 7.90. The summed E-state index contributed by atoms with van der Waals surface area (Å²) >= 11 is 6.22. The van der Waals surface area contributed by atoms with Gasteiger partial charge in [-0.3, -0.25) is 34.3 Å². The van der Waals surface area contributed by atoms with Gasteiger partial charge in [0.05, 0.1) is 22.3 Å². The van der Waals surface area contributed by atoms with Gasteiger partial charge in [0.1, 0.15) is 23.2 Å². The molecule has 3 atom stereocenters. The molecule has 1 saturated carbocycles. The Morgan fingerprint density at radius 2 is 1.74 bits per heavy atom. The Morgan fingerprint density at radius 1 is 0.929 bits per heavy atom. The number of ether oxygens (including phenoxy) is 1. The number of fused-ring (bicyclic) bond motifs is 2. The SMILES string of the molecule is C[C@H]1CN([C@H]2CC[C@H](CNc3ccc(S(=O)(=O)NC(=O)c4ccc(NCCNCC5=C(c6ccc(Cl)cc6)CC(C)(C)CC5)cc4Oc4cnc5[nH]ccc5c4)cc3[NH+]([O-])O)CC2)CCN1Cc1ccc2c(c1)CN(C1CCC(=O)NC1=O)C2=O. The number of H-pyrrole nitrogens is 1. The molecule has 85 heavy (non-hydrogen) atoms. The number of piperidine rings is 1. The molecule has 2 saturated heterocycles. The van der Waals surface area contributed by atoms with E-state index in [2.05, 4.69) is 84.7 Å². The number of aromatic nitrogens is 2. The van der Waals surface area contributed by atoms with Crippen LogP contribution in [0.15, 0.2) is 114 Å². The molecule has 5 heterocycles. The van der Waals surface area contributed by atoms with Crippen LogP contribution in [0.25, 0.3) is 16.6 Å². The molecule has 2 aliphatic carbocycles. The molecule has 448 valence electrons. The third-order valence-electron chi connectivity index (χ3n) is 17.6. The van der Waals surface area contributed by atoms with Crippen molar-refractivity contribution in [2.24, 2.45) is 11.3 Å². The molecule has 2 aromatic heterocycles. The van der Waals surface area contributed by atoms with Gasteiger partial charge >= 0.3 is 0 Å². The van der Waals surface area contributed by atoms with Crippen molar-refractivity contribution in [1.82, 2.24) is 40.0 Å². The first-order valence-corrected chi connectivity index (χ1v) is 31.3. The monoisotopic (exact) mass is 1200 g/mol. The highest BCUT2D eigenvalue weighted by Gasteiger charge is 2.40. The van der Waals surface area contributed by atoms with Crippen LogP contribution in [0.5, 0.6) is 11.5 Å². The molecule has 3 aliphatic heterocycles. The van der Waals surface area contributed by atoms with Gasteiger partial charge in [-0.05, 0) is 146 Å². The van der Waals surface area contributed by atoms with Gasteiger partial charge in [-0.1, -0.05) is 55.3 Å². The standard InChI is InChI=1S/C63H74ClN11O9S/c1-39-36-73(27-26-72(39)37-41-6-15-51-45(28-41)38-74(62(51)79)55-18-19-58(76)70-61(55)78)48-12-4-40(5-13-48)33-68-54-17-14-50(31-56(54)75(80)81)85(82,83)71-60(77)52-16-11-47(30-57(52)84-49-29-43-21-23-67-59(43)69-35-49)66-25-24-65-34-44-20-22-63(2,3)32-53(44)42-7-9-46(64)10-8-42/h6-11,14-17,21,23,28-31,35,39-40,48,55,65-66,68,75,80H,4-5,12-13,18-20,22,24-27,32-34,36-38H2,1-3H3,(H,67,69)(H,71,77)(H,70,76,78)/t39-,40-,48-,55?/m0/s1. The maximum atomic E-state index is 14.1. The van der Waals surface area contributed by atoms with E-state index in [0.717, 1.165) is 100 Å². The summed E-state index contributed by atoms with van der Waals surface area (Å²) in [6, 6.07) is 26.3. The molecule has 6 aromatic rings. The number of amides is 4. The molecule has 8 N–H and O–H groups in total. The third kappa shape index (κ3) is 13.9. The highest BCUT2D eigenvalue weighted by Crippen LogP contribution is 2.43. The fourth-order valence-electron chi connectivity index (χ4n) is 12.8. The maximum absolute atomic E-state index is 14.1. The van der Waals surface area contributed by atoms with Crippen LogP contribution in [-0.2, 0) is 32.7 Å². The minimum atomic E-state index is -4.59. The van der Waals surface area contributed by atoms with Crippen LogP contribution in [0.1, 0.15) is 116 Å². The molecule has 22 heteroatoms. The van der Waals surface area contributed by atoms with E-state index < -0.39 is 33.1 Å². The fourth-order valence-corrected chi connectivity index (χ4v) is 13.9. The van der Waals surface area contributed by atoms with Gasteiger partial charge in [-0.15, -0.1) is 0 Å². The fraction of sp³-hybridized carbons (Fsp3) is 0.413. The Hall–Kier alpha value is -7.21. The van der Waals surface area contributed by atoms with Crippen molar-refractivity contribution in [3.05, 3.63) is 147 Å². The number of quaternary nitrogens is 1. The van der Waals surface area contributed by atoms with Gasteiger partial charge in [0, 0.05) is 117 Å². The zero-order chi connectivity index (χ0) is 59.6. The predicted octanol–water partition coefficient (Wildman–Crippen LogP) is 8.13. The summed E-state index contributed by atoms with van der Waals surface area (Å²) in [6.07, 6.45) is 10.8. The lowest BCUT2D eigenvalue weighted by atomic mass is 9.72. The summed E-state index contributed by atoms with van der Waals surface area (Å²) in [4.78, 5) is 65.3. The molecule has 0 radical (unpaired) electrons. The first-order chi connectivity index (χ1) is 40.8. The minimum Gasteiger partial charge on any atom is -0.595 e. The highest BCUT2D eigenvalue weighted by atomic mass is 35.5. The van der Waals surface area contributed by atoms with Crippen LogP contribution in [0.2, 0.25) is 5.02 Å². The average Bonchev–Trinajstić information content (AvgIpc) is 2.61. The number of benzene rings is 4. The van der Waals surface area contributed by atoms with Crippen LogP contribution in [-0.4, -0.2) is 126 Å². The van der Waals surface area contributed by atoms with Crippen LogP contribution in [0.4, 0.5) is 17.1 Å². The number of anilines is 2. The molecular weight excluding hydrogens is 1120 g/mol. The molecule has 5 aliphatic rings. The molecule has 2 unspecified atom stereocenters. The Labute approximate surface area is 500 Å². The summed E-state index contributed by atoms with van der Waals surface area (Å²) in [5.41, 5.74) is 8.00. The van der Waals surface area contributed by atoms with Gasteiger partial charge in [-0.2, -0.15) is 5.23 Å². The number of carbonyl (C=O) groups is 4. The average molecular weight is 1200 g/mol. The Morgan fingerprint density at radius 3 is 2.52 bits per heavy atom. The van der Waals surface area contributed by atoms with Gasteiger partial charge in [0.15, 0.2) is 5.69 Å². The smallest absolute Gasteiger partial charge is 0.268 e. The number of hydrogen-bond acceptors (Lipinski definition) is 15. The number of hydrogen-bond donors (Lipinski definition) is 8. The number of pyridine rings is 1. The predicted molar refractivity (Wildman–Crippen MR) is 325 cm³/mol. The number of nitrogens with one attached hydrogen (secondary N) is 7. The molecule has 4 aromatic carbocycles. The zero-order valence-corrected chi connectivity index (χ0v) is 49.7. The van der Waals surface area contributed by atoms with Crippen molar-refractivity contribution >= 4 is 78.9 Å². The number of rotatable bonds is 20. The number of nitrogens with zero attached hydrogens (tertiary/aromatic N) is 4. The molecule has 11 rings (SSSR count). The van der Waals surface area contributed by atoms with E-state index in [-0.39, 0.29) is 57.2 Å². The number of piperazine rings is 1. The minimum absolute atomic E-state index is 0.0679. The van der Waals surface area contributed by atoms with E-state index >= 15 is 0 Å². The van der Waals surface area contributed by atoms with E-state index in [9.17, 15) is 38.0 Å². The number of aromatic amines is 1. The van der Waals surface area contributed by atoms with E-state index in [1.807, 2.05) is 30.3 Å². The summed E-state index contributed by atoms with van der Waals surface area (Å²) < 4.78 is 36.4. The first kappa shape index (κ1) is 59.5. The van der Waals surface area contributed by atoms with Crippen molar-refractivity contribution in [3.63, 3.8) is 0 Å². The largest absolute Gasteiger partial charge is 0.595 e. The number of carbonyl (C=O) groups excluding carboxylic acids is 4. The summed E-state index contributed by atoms with van der Waals surface area (Å²) in [6.45, 7) is 13.1. The second-order valence-corrected chi connectivity index (χ2v) is 26.3. The van der Waals surface area contributed by atoms with Crippen LogP contribution in [0.3, 0.4) is 0 Å². The van der Waals surface area contributed by atoms with E-state index in [4.69, 9.17) is 16.3 Å². The van der Waals surface area contributed by atoms with Crippen LogP contribution >= 0.6 is 11.6 Å². The Kier molecular flexibility index (Phi) is 17.8. The van der Waals surface area contributed by atoms with E-state index in [1.165, 1.54) is 41.1 Å². The maximum Gasteiger partial charge on any atom is 0.268 e. The van der Waals surface area contributed by atoms with Crippen molar-refractivity contribution in [2.75, 3.05) is 56.4 Å². The number of imide groups is 1. The summed E-state index contributed by atoms with van der Waals surface area (Å²) in [7, 11) is -4.59. The number of halogens is 1. The molecule has 3 fully saturated rings. The Bertz CT molecular complexity index is 3640. The normalized spacial score (nSPS) is 21.6.